The monoisotopic (exact) mass is 544 g/mol. The Kier molecular flexibility index (Phi) is 7.76. The van der Waals surface area contributed by atoms with Gasteiger partial charge >= 0.3 is 0 Å². The van der Waals surface area contributed by atoms with Crippen molar-refractivity contribution >= 4 is 46.4 Å². The summed E-state index contributed by atoms with van der Waals surface area (Å²) in [6, 6.07) is 8.01. The Hall–Kier alpha value is -2.98. The van der Waals surface area contributed by atoms with E-state index in [1.54, 1.807) is 24.5 Å². The molecule has 2 fully saturated rings. The minimum Gasteiger partial charge on any atom is -0.378 e. The van der Waals surface area contributed by atoms with Crippen molar-refractivity contribution in [2.24, 2.45) is 0 Å². The molecule has 0 saturated carbocycles. The minimum atomic E-state index is -0.422. The van der Waals surface area contributed by atoms with E-state index in [1.165, 1.54) is 18.2 Å². The third kappa shape index (κ3) is 5.80. The van der Waals surface area contributed by atoms with Crippen LogP contribution in [0.1, 0.15) is 16.8 Å². The van der Waals surface area contributed by atoms with Gasteiger partial charge in [-0.05, 0) is 43.8 Å². The zero-order chi connectivity index (χ0) is 25.9. The van der Waals surface area contributed by atoms with Gasteiger partial charge in [0.1, 0.15) is 5.82 Å². The molecule has 2 aromatic carbocycles. The molecule has 1 atom stereocenters. The van der Waals surface area contributed by atoms with Gasteiger partial charge < -0.3 is 25.2 Å². The molecule has 1 amide bonds. The summed E-state index contributed by atoms with van der Waals surface area (Å²) in [7, 11) is 1.91. The number of benzene rings is 2. The lowest BCUT2D eigenvalue weighted by atomic mass is 10.1. The summed E-state index contributed by atoms with van der Waals surface area (Å²) in [5, 5.41) is 6.92. The number of amides is 1. The smallest absolute Gasteiger partial charge is 0.255 e. The Balaban J connectivity index is 1.49. The van der Waals surface area contributed by atoms with Gasteiger partial charge in [-0.1, -0.05) is 23.2 Å². The van der Waals surface area contributed by atoms with Crippen molar-refractivity contribution in [2.75, 3.05) is 61.6 Å². The predicted octanol–water partition coefficient (Wildman–Crippen LogP) is 4.48. The highest BCUT2D eigenvalue weighted by Crippen LogP contribution is 2.36. The number of anilines is 3. The summed E-state index contributed by atoms with van der Waals surface area (Å²) >= 11 is 12.2. The maximum absolute atomic E-state index is 15.5. The summed E-state index contributed by atoms with van der Waals surface area (Å²) in [6.45, 7) is 4.07. The molecule has 2 aliphatic rings. The molecular weight excluding hydrogens is 518 g/mol. The van der Waals surface area contributed by atoms with E-state index < -0.39 is 11.7 Å². The maximum Gasteiger partial charge on any atom is 0.255 e. The van der Waals surface area contributed by atoms with Crippen LogP contribution < -0.4 is 20.4 Å². The van der Waals surface area contributed by atoms with E-state index in [0.717, 1.165) is 13.0 Å². The quantitative estimate of drug-likeness (QED) is 0.473. The number of carbonyl (C=O) groups excluding carboxylic acids is 1. The average Bonchev–Trinajstić information content (AvgIpc) is 3.39. The van der Waals surface area contributed by atoms with Crippen molar-refractivity contribution in [3.8, 4) is 11.1 Å². The first kappa shape index (κ1) is 25.7. The van der Waals surface area contributed by atoms with E-state index in [1.807, 2.05) is 11.9 Å². The van der Waals surface area contributed by atoms with Crippen LogP contribution in [-0.4, -0.2) is 68.4 Å². The van der Waals surface area contributed by atoms with Crippen LogP contribution in [0.5, 0.6) is 0 Å². The molecule has 194 valence electrons. The lowest BCUT2D eigenvalue weighted by Crippen LogP contribution is -2.37. The zero-order valence-corrected chi connectivity index (χ0v) is 21.8. The SMILES string of the molecule is CNC1CCN(c2cc(F)c(-c3cnc(N4CCOCC4)nc3)cc2NC(=O)c2cc(Cl)cc(Cl)c2)C1. The van der Waals surface area contributed by atoms with E-state index in [0.29, 0.717) is 76.9 Å². The van der Waals surface area contributed by atoms with Gasteiger partial charge in [0.25, 0.3) is 5.91 Å². The molecule has 0 radical (unpaired) electrons. The molecule has 3 aromatic rings. The van der Waals surface area contributed by atoms with Gasteiger partial charge in [0.05, 0.1) is 24.6 Å². The third-order valence-corrected chi connectivity index (χ3v) is 7.08. The van der Waals surface area contributed by atoms with Gasteiger partial charge in [0.2, 0.25) is 5.95 Å². The van der Waals surface area contributed by atoms with E-state index in [4.69, 9.17) is 27.9 Å². The fraction of sp³-hybridized carbons (Fsp3) is 0.346. The minimum absolute atomic E-state index is 0.277. The second-order valence-electron chi connectivity index (χ2n) is 9.05. The van der Waals surface area contributed by atoms with Crippen LogP contribution in [0.2, 0.25) is 10.0 Å². The van der Waals surface area contributed by atoms with E-state index in [2.05, 4.69) is 25.5 Å². The summed E-state index contributed by atoms with van der Waals surface area (Å²) < 4.78 is 20.9. The maximum atomic E-state index is 15.5. The molecule has 2 N–H and O–H groups in total. The third-order valence-electron chi connectivity index (χ3n) is 6.64. The molecule has 1 unspecified atom stereocenters. The van der Waals surface area contributed by atoms with Gasteiger partial charge in [-0.15, -0.1) is 0 Å². The molecule has 0 aliphatic carbocycles. The Morgan fingerprint density at radius 3 is 2.38 bits per heavy atom. The average molecular weight is 545 g/mol. The summed E-state index contributed by atoms with van der Waals surface area (Å²) in [5.74, 6) is -0.244. The first-order valence-electron chi connectivity index (χ1n) is 12.1. The number of halogens is 3. The predicted molar refractivity (Wildman–Crippen MR) is 145 cm³/mol. The van der Waals surface area contributed by atoms with Crippen LogP contribution in [0.25, 0.3) is 11.1 Å². The van der Waals surface area contributed by atoms with E-state index in [9.17, 15) is 4.79 Å². The van der Waals surface area contributed by atoms with Crippen LogP contribution in [-0.2, 0) is 4.74 Å². The van der Waals surface area contributed by atoms with Gasteiger partial charge in [0, 0.05) is 71.4 Å². The number of aromatic nitrogens is 2. The summed E-state index contributed by atoms with van der Waals surface area (Å²) in [6.07, 6.45) is 4.12. The van der Waals surface area contributed by atoms with Gasteiger partial charge in [-0.3, -0.25) is 4.79 Å². The van der Waals surface area contributed by atoms with Crippen LogP contribution in [0.3, 0.4) is 0 Å². The zero-order valence-electron chi connectivity index (χ0n) is 20.3. The molecule has 0 spiro atoms. The molecule has 11 heteroatoms. The second kappa shape index (κ2) is 11.2. The molecule has 8 nitrogen and oxygen atoms in total. The van der Waals surface area contributed by atoms with Crippen LogP contribution in [0.15, 0.2) is 42.7 Å². The van der Waals surface area contributed by atoms with Gasteiger partial charge in [-0.25, -0.2) is 14.4 Å². The Labute approximate surface area is 224 Å². The van der Waals surface area contributed by atoms with Crippen LogP contribution >= 0.6 is 23.2 Å². The number of rotatable bonds is 6. The van der Waals surface area contributed by atoms with Crippen molar-refractivity contribution in [3.63, 3.8) is 0 Å². The first-order chi connectivity index (χ1) is 17.9. The van der Waals surface area contributed by atoms with Crippen molar-refractivity contribution in [1.82, 2.24) is 15.3 Å². The number of likely N-dealkylation sites (N-methyl/N-ethyl adjacent to an activating group) is 1. The summed E-state index contributed by atoms with van der Waals surface area (Å²) in [5.41, 5.74) is 2.19. The number of nitrogens with one attached hydrogen (secondary N) is 2. The second-order valence-corrected chi connectivity index (χ2v) is 9.93. The number of nitrogens with zero attached hydrogens (tertiary/aromatic N) is 4. The molecule has 0 bridgehead atoms. The molecule has 2 saturated heterocycles. The van der Waals surface area contributed by atoms with Crippen molar-refractivity contribution in [2.45, 2.75) is 12.5 Å². The van der Waals surface area contributed by atoms with E-state index >= 15 is 4.39 Å². The molecule has 37 heavy (non-hydrogen) atoms. The number of hydrogen-bond donors (Lipinski definition) is 2. The van der Waals surface area contributed by atoms with Crippen LogP contribution in [0.4, 0.5) is 21.7 Å². The fourth-order valence-electron chi connectivity index (χ4n) is 4.63. The Morgan fingerprint density at radius 1 is 1.03 bits per heavy atom. The number of morpholine rings is 1. The van der Waals surface area contributed by atoms with E-state index in [-0.39, 0.29) is 6.04 Å². The topological polar surface area (TPSA) is 82.6 Å². The Bertz CT molecular complexity index is 1270. The van der Waals surface area contributed by atoms with Crippen LogP contribution in [0, 0.1) is 5.82 Å². The van der Waals surface area contributed by atoms with Crippen molar-refractivity contribution in [3.05, 3.63) is 64.2 Å². The molecular formula is C26H27Cl2FN6O2. The fourth-order valence-corrected chi connectivity index (χ4v) is 5.15. The highest BCUT2D eigenvalue weighted by molar-refractivity contribution is 6.35. The highest BCUT2D eigenvalue weighted by atomic mass is 35.5. The first-order valence-corrected chi connectivity index (χ1v) is 12.8. The molecule has 1 aromatic heterocycles. The lowest BCUT2D eigenvalue weighted by molar-refractivity contribution is 0.102. The molecule has 3 heterocycles. The summed E-state index contributed by atoms with van der Waals surface area (Å²) in [4.78, 5) is 26.2. The van der Waals surface area contributed by atoms with Crippen molar-refractivity contribution < 1.29 is 13.9 Å². The number of hydrogen-bond acceptors (Lipinski definition) is 7. The molecule has 2 aliphatic heterocycles. The molecule has 5 rings (SSSR count). The van der Waals surface area contributed by atoms with Gasteiger partial charge in [-0.2, -0.15) is 0 Å². The number of ether oxygens (including phenoxy) is 1. The normalized spacial score (nSPS) is 17.8. The standard InChI is InChI=1S/C26H27Cl2FN6O2/c1-30-20-2-3-35(15-20)24-12-22(29)21(17-13-31-26(32-14-17)34-4-6-37-7-5-34)11-23(24)33-25(36)16-8-18(27)10-19(28)9-16/h8-14,20,30H,2-7,15H2,1H3,(H,33,36). The highest BCUT2D eigenvalue weighted by Gasteiger charge is 2.26. The largest absolute Gasteiger partial charge is 0.378 e. The number of carbonyl (C=O) groups is 1. The Morgan fingerprint density at radius 2 is 1.73 bits per heavy atom. The van der Waals surface area contributed by atoms with Crippen molar-refractivity contribution in [1.29, 1.82) is 0 Å². The lowest BCUT2D eigenvalue weighted by Gasteiger charge is -2.26. The van der Waals surface area contributed by atoms with Gasteiger partial charge in [0.15, 0.2) is 0 Å².